The zero-order valence-electron chi connectivity index (χ0n) is 13.3. The summed E-state index contributed by atoms with van der Waals surface area (Å²) in [6.07, 6.45) is 3.27. The van der Waals surface area contributed by atoms with Gasteiger partial charge in [-0.25, -0.2) is 9.97 Å². The second-order valence-corrected chi connectivity index (χ2v) is 5.69. The van der Waals surface area contributed by atoms with E-state index in [0.717, 1.165) is 11.0 Å². The molecule has 2 N–H and O–H groups in total. The Hall–Kier alpha value is -3.48. The lowest BCUT2D eigenvalue weighted by molar-refractivity contribution is -0.116. The van der Waals surface area contributed by atoms with Crippen LogP contribution in [0.1, 0.15) is 6.42 Å². The maximum atomic E-state index is 12.4. The number of benzene rings is 2. The Balaban J connectivity index is 1.46. The number of nitrogens with zero attached hydrogens (tertiary/aromatic N) is 3. The van der Waals surface area contributed by atoms with Crippen molar-refractivity contribution in [2.75, 3.05) is 5.32 Å². The minimum Gasteiger partial charge on any atom is -0.345 e. The molecule has 4 rings (SSSR count). The van der Waals surface area contributed by atoms with Gasteiger partial charge in [0.05, 0.1) is 34.6 Å². The minimum atomic E-state index is -0.168. The van der Waals surface area contributed by atoms with E-state index >= 15 is 0 Å². The van der Waals surface area contributed by atoms with Gasteiger partial charge in [0.2, 0.25) is 5.91 Å². The highest BCUT2D eigenvalue weighted by atomic mass is 16.1. The van der Waals surface area contributed by atoms with E-state index < -0.39 is 0 Å². The summed E-state index contributed by atoms with van der Waals surface area (Å²) in [7, 11) is 0. The van der Waals surface area contributed by atoms with Gasteiger partial charge in [-0.2, -0.15) is 0 Å². The van der Waals surface area contributed by atoms with Crippen molar-refractivity contribution in [1.82, 2.24) is 19.5 Å². The normalized spacial score (nSPS) is 11.0. The third-order valence-electron chi connectivity index (χ3n) is 4.02. The van der Waals surface area contributed by atoms with E-state index in [1.54, 1.807) is 30.6 Å². The molecule has 0 aliphatic rings. The van der Waals surface area contributed by atoms with Crippen molar-refractivity contribution < 1.29 is 4.79 Å². The molecular formula is C18H15N5O2. The number of carbonyl (C=O) groups is 1. The molecule has 4 aromatic rings. The Bertz CT molecular complexity index is 1130. The van der Waals surface area contributed by atoms with Gasteiger partial charge in [-0.15, -0.1) is 0 Å². The fourth-order valence-electron chi connectivity index (χ4n) is 2.72. The van der Waals surface area contributed by atoms with Gasteiger partial charge in [-0.1, -0.05) is 12.1 Å². The van der Waals surface area contributed by atoms with Crippen LogP contribution in [0.4, 0.5) is 5.69 Å². The lowest BCUT2D eigenvalue weighted by atomic mass is 10.2. The number of aryl methyl sites for hydroxylation is 1. The lowest BCUT2D eigenvalue weighted by Crippen LogP contribution is -2.23. The van der Waals surface area contributed by atoms with E-state index in [4.69, 9.17) is 0 Å². The molecule has 0 fully saturated rings. The number of anilines is 1. The fourth-order valence-corrected chi connectivity index (χ4v) is 2.72. The Morgan fingerprint density at radius 1 is 1.12 bits per heavy atom. The minimum absolute atomic E-state index is 0.141. The van der Waals surface area contributed by atoms with Crippen molar-refractivity contribution in [2.45, 2.75) is 13.0 Å². The van der Waals surface area contributed by atoms with Crippen molar-refractivity contribution in [3.63, 3.8) is 0 Å². The summed E-state index contributed by atoms with van der Waals surface area (Å²) in [6, 6.07) is 12.6. The van der Waals surface area contributed by atoms with Crippen LogP contribution in [0.15, 0.2) is 59.9 Å². The van der Waals surface area contributed by atoms with Crippen molar-refractivity contribution in [3.8, 4) is 0 Å². The van der Waals surface area contributed by atoms with E-state index in [0.29, 0.717) is 16.6 Å². The predicted octanol–water partition coefficient (Wildman–Crippen LogP) is 2.30. The van der Waals surface area contributed by atoms with Crippen molar-refractivity contribution >= 4 is 33.5 Å². The van der Waals surface area contributed by atoms with Gasteiger partial charge < -0.3 is 10.3 Å². The average Bonchev–Trinajstić information content (AvgIpc) is 3.09. The first kappa shape index (κ1) is 15.1. The van der Waals surface area contributed by atoms with Crippen LogP contribution in [-0.4, -0.2) is 25.4 Å². The topological polar surface area (TPSA) is 92.7 Å². The molecule has 1 amide bonds. The molecule has 124 valence electrons. The SMILES string of the molecule is O=C(CCn1cnc2ccccc2c1=O)Nc1ccc2nc[nH]c2c1. The van der Waals surface area contributed by atoms with Crippen molar-refractivity contribution in [1.29, 1.82) is 0 Å². The van der Waals surface area contributed by atoms with E-state index in [2.05, 4.69) is 20.3 Å². The quantitative estimate of drug-likeness (QED) is 0.599. The van der Waals surface area contributed by atoms with E-state index in [1.807, 2.05) is 18.2 Å². The van der Waals surface area contributed by atoms with Crippen LogP contribution >= 0.6 is 0 Å². The van der Waals surface area contributed by atoms with E-state index in [-0.39, 0.29) is 24.4 Å². The number of aromatic nitrogens is 4. The molecule has 0 aliphatic heterocycles. The van der Waals surface area contributed by atoms with Crippen LogP contribution in [0.25, 0.3) is 21.9 Å². The number of amides is 1. The molecule has 0 aliphatic carbocycles. The van der Waals surface area contributed by atoms with Gasteiger partial charge in [0, 0.05) is 18.7 Å². The molecule has 7 heteroatoms. The molecule has 7 nitrogen and oxygen atoms in total. The van der Waals surface area contributed by atoms with Crippen LogP contribution in [-0.2, 0) is 11.3 Å². The first-order chi connectivity index (χ1) is 12.2. The first-order valence-corrected chi connectivity index (χ1v) is 7.88. The molecule has 25 heavy (non-hydrogen) atoms. The number of para-hydroxylation sites is 1. The maximum Gasteiger partial charge on any atom is 0.261 e. The number of carbonyl (C=O) groups excluding carboxylic acids is 1. The predicted molar refractivity (Wildman–Crippen MR) is 95.3 cm³/mol. The number of imidazole rings is 1. The number of nitrogens with one attached hydrogen (secondary N) is 2. The van der Waals surface area contributed by atoms with Gasteiger partial charge in [0.15, 0.2) is 0 Å². The molecule has 2 aromatic carbocycles. The average molecular weight is 333 g/mol. The Morgan fingerprint density at radius 2 is 2.00 bits per heavy atom. The summed E-state index contributed by atoms with van der Waals surface area (Å²) in [5, 5.41) is 3.38. The second kappa shape index (κ2) is 6.20. The molecule has 0 atom stereocenters. The van der Waals surface area contributed by atoms with Gasteiger partial charge in [0.25, 0.3) is 5.56 Å². The van der Waals surface area contributed by atoms with Gasteiger partial charge in [-0.3, -0.25) is 14.2 Å². The van der Waals surface area contributed by atoms with Crippen molar-refractivity contribution in [3.05, 3.63) is 65.5 Å². The van der Waals surface area contributed by atoms with Crippen LogP contribution in [0, 0.1) is 0 Å². The van der Waals surface area contributed by atoms with Crippen LogP contribution in [0.5, 0.6) is 0 Å². The summed E-state index contributed by atoms with van der Waals surface area (Å²) in [4.78, 5) is 35.9. The molecule has 0 bridgehead atoms. The summed E-state index contributed by atoms with van der Waals surface area (Å²) in [5.74, 6) is -0.168. The van der Waals surface area contributed by atoms with E-state index in [1.165, 1.54) is 10.9 Å². The maximum absolute atomic E-state index is 12.4. The molecule has 2 aromatic heterocycles. The molecule has 0 saturated carbocycles. The molecular weight excluding hydrogens is 318 g/mol. The molecule has 0 spiro atoms. The van der Waals surface area contributed by atoms with Crippen LogP contribution in [0.3, 0.4) is 0 Å². The first-order valence-electron chi connectivity index (χ1n) is 7.88. The van der Waals surface area contributed by atoms with Crippen LogP contribution < -0.4 is 10.9 Å². The number of rotatable bonds is 4. The summed E-state index contributed by atoms with van der Waals surface area (Å²) in [5.41, 5.74) is 2.89. The highest BCUT2D eigenvalue weighted by Gasteiger charge is 2.07. The van der Waals surface area contributed by atoms with Crippen LogP contribution in [0.2, 0.25) is 0 Å². The molecule has 0 saturated heterocycles. The monoisotopic (exact) mass is 333 g/mol. The van der Waals surface area contributed by atoms with Gasteiger partial charge >= 0.3 is 0 Å². The second-order valence-electron chi connectivity index (χ2n) is 5.69. The number of H-pyrrole nitrogens is 1. The Kier molecular flexibility index (Phi) is 3.74. The smallest absolute Gasteiger partial charge is 0.261 e. The molecule has 0 radical (unpaired) electrons. The summed E-state index contributed by atoms with van der Waals surface area (Å²) >= 11 is 0. The van der Waals surface area contributed by atoms with Gasteiger partial charge in [0.1, 0.15) is 0 Å². The number of hydrogen-bond donors (Lipinski definition) is 2. The molecule has 2 heterocycles. The highest BCUT2D eigenvalue weighted by Crippen LogP contribution is 2.15. The number of aromatic amines is 1. The van der Waals surface area contributed by atoms with E-state index in [9.17, 15) is 9.59 Å². The Morgan fingerprint density at radius 3 is 2.92 bits per heavy atom. The number of hydrogen-bond acceptors (Lipinski definition) is 4. The van der Waals surface area contributed by atoms with Crippen molar-refractivity contribution in [2.24, 2.45) is 0 Å². The summed E-state index contributed by atoms with van der Waals surface area (Å²) in [6.45, 7) is 0.273. The third kappa shape index (κ3) is 2.99. The third-order valence-corrected chi connectivity index (χ3v) is 4.02. The molecule has 0 unspecified atom stereocenters. The fraction of sp³-hybridized carbons (Fsp3) is 0.111. The largest absolute Gasteiger partial charge is 0.345 e. The zero-order valence-corrected chi connectivity index (χ0v) is 13.3. The van der Waals surface area contributed by atoms with Gasteiger partial charge in [-0.05, 0) is 30.3 Å². The zero-order chi connectivity index (χ0) is 17.2. The number of fused-ring (bicyclic) bond motifs is 2. The Labute approximate surface area is 142 Å². The summed E-state index contributed by atoms with van der Waals surface area (Å²) < 4.78 is 1.46. The standard InChI is InChI=1S/C18H15N5O2/c24-17(22-12-5-6-15-16(9-12)20-10-19-15)7-8-23-11-21-14-4-2-1-3-13(14)18(23)25/h1-6,9-11H,7-8H2,(H,19,20)(H,22,24). The highest BCUT2D eigenvalue weighted by molar-refractivity contribution is 5.92. The lowest BCUT2D eigenvalue weighted by Gasteiger charge is -2.08.